The van der Waals surface area contributed by atoms with E-state index in [1.54, 1.807) is 18.2 Å². The highest BCUT2D eigenvalue weighted by Crippen LogP contribution is 2.25. The fourth-order valence-corrected chi connectivity index (χ4v) is 1.90. The van der Waals surface area contributed by atoms with Gasteiger partial charge in [-0.05, 0) is 42.8 Å². The Kier molecular flexibility index (Phi) is 5.26. The number of hydrogen-bond donors (Lipinski definition) is 2. The molecular formula is C13H18Cl2N2S. The summed E-state index contributed by atoms with van der Waals surface area (Å²) >= 11 is 17.2. The lowest BCUT2D eigenvalue weighted by Crippen LogP contribution is -2.43. The van der Waals surface area contributed by atoms with Crippen LogP contribution in [0.4, 0.5) is 5.69 Å². The Morgan fingerprint density at radius 1 is 1.28 bits per heavy atom. The summed E-state index contributed by atoms with van der Waals surface area (Å²) in [7, 11) is 0. The highest BCUT2D eigenvalue weighted by Gasteiger charge is 2.20. The van der Waals surface area contributed by atoms with Crippen LogP contribution in [0.3, 0.4) is 0 Å². The third kappa shape index (κ3) is 4.63. The van der Waals surface area contributed by atoms with E-state index in [4.69, 9.17) is 35.4 Å². The summed E-state index contributed by atoms with van der Waals surface area (Å²) < 4.78 is 0. The molecule has 0 aliphatic heterocycles. The zero-order chi connectivity index (χ0) is 13.9. The van der Waals surface area contributed by atoms with Crippen LogP contribution in [-0.2, 0) is 0 Å². The monoisotopic (exact) mass is 304 g/mol. The van der Waals surface area contributed by atoms with Gasteiger partial charge in [0, 0.05) is 11.1 Å². The second-order valence-corrected chi connectivity index (χ2v) is 6.56. The molecule has 2 N–H and O–H groups in total. The van der Waals surface area contributed by atoms with Crippen molar-refractivity contribution in [1.29, 1.82) is 0 Å². The van der Waals surface area contributed by atoms with E-state index >= 15 is 0 Å². The van der Waals surface area contributed by atoms with Crippen molar-refractivity contribution in [3.63, 3.8) is 0 Å². The average molecular weight is 305 g/mol. The molecule has 1 unspecified atom stereocenters. The van der Waals surface area contributed by atoms with Crippen molar-refractivity contribution >= 4 is 46.2 Å². The summed E-state index contributed by atoms with van der Waals surface area (Å²) in [6.07, 6.45) is 0. The number of anilines is 1. The lowest BCUT2D eigenvalue weighted by atomic mass is 9.88. The average Bonchev–Trinajstić information content (AvgIpc) is 2.20. The molecular weight excluding hydrogens is 287 g/mol. The van der Waals surface area contributed by atoms with Gasteiger partial charge in [-0.3, -0.25) is 0 Å². The van der Waals surface area contributed by atoms with Crippen LogP contribution < -0.4 is 10.6 Å². The number of halogens is 2. The van der Waals surface area contributed by atoms with E-state index in [2.05, 4.69) is 38.3 Å². The molecule has 0 bridgehead atoms. The first-order valence-corrected chi connectivity index (χ1v) is 6.89. The molecule has 0 saturated carbocycles. The second kappa shape index (κ2) is 6.09. The summed E-state index contributed by atoms with van der Waals surface area (Å²) in [4.78, 5) is 0. The Morgan fingerprint density at radius 2 is 1.89 bits per heavy atom. The van der Waals surface area contributed by atoms with Crippen LogP contribution >= 0.6 is 35.4 Å². The summed E-state index contributed by atoms with van der Waals surface area (Å²) in [5, 5.41) is 8.02. The van der Waals surface area contributed by atoms with Crippen molar-refractivity contribution in [1.82, 2.24) is 5.32 Å². The predicted molar refractivity (Wildman–Crippen MR) is 84.7 cm³/mol. The lowest BCUT2D eigenvalue weighted by molar-refractivity contribution is 0.317. The van der Waals surface area contributed by atoms with Crippen molar-refractivity contribution in [2.45, 2.75) is 33.7 Å². The van der Waals surface area contributed by atoms with Gasteiger partial charge in [0.1, 0.15) is 0 Å². The Labute approximate surface area is 124 Å². The number of rotatable bonds is 2. The van der Waals surface area contributed by atoms with Crippen LogP contribution in [0.15, 0.2) is 18.2 Å². The molecule has 0 aromatic heterocycles. The molecule has 1 rings (SSSR count). The lowest BCUT2D eigenvalue weighted by Gasteiger charge is -2.29. The molecule has 5 heteroatoms. The van der Waals surface area contributed by atoms with E-state index in [0.29, 0.717) is 15.2 Å². The maximum absolute atomic E-state index is 6.07. The topological polar surface area (TPSA) is 24.1 Å². The highest BCUT2D eigenvalue weighted by atomic mass is 35.5. The summed E-state index contributed by atoms with van der Waals surface area (Å²) in [5.74, 6) is 0. The Hall–Kier alpha value is -0.510. The van der Waals surface area contributed by atoms with Crippen LogP contribution in [0.2, 0.25) is 10.0 Å². The van der Waals surface area contributed by atoms with Crippen LogP contribution in [-0.4, -0.2) is 11.2 Å². The SMILES string of the molecule is CC(NC(=S)Nc1ccc(Cl)cc1Cl)C(C)(C)C. The largest absolute Gasteiger partial charge is 0.359 e. The van der Waals surface area contributed by atoms with Crippen LogP contribution in [0, 0.1) is 5.41 Å². The number of hydrogen-bond acceptors (Lipinski definition) is 1. The van der Waals surface area contributed by atoms with E-state index in [1.807, 2.05) is 0 Å². The predicted octanol–water partition coefficient (Wildman–Crippen LogP) is 4.71. The van der Waals surface area contributed by atoms with Gasteiger partial charge in [0.15, 0.2) is 5.11 Å². The van der Waals surface area contributed by atoms with Crippen LogP contribution in [0.25, 0.3) is 0 Å². The molecule has 0 radical (unpaired) electrons. The first-order valence-electron chi connectivity index (χ1n) is 5.72. The van der Waals surface area contributed by atoms with Gasteiger partial charge in [0.2, 0.25) is 0 Å². The molecule has 0 fully saturated rings. The molecule has 18 heavy (non-hydrogen) atoms. The van der Waals surface area contributed by atoms with Gasteiger partial charge >= 0.3 is 0 Å². The van der Waals surface area contributed by atoms with Crippen molar-refractivity contribution in [3.05, 3.63) is 28.2 Å². The molecule has 2 nitrogen and oxygen atoms in total. The Morgan fingerprint density at radius 3 is 2.39 bits per heavy atom. The third-order valence-electron chi connectivity index (χ3n) is 2.83. The van der Waals surface area contributed by atoms with Crippen molar-refractivity contribution in [2.75, 3.05) is 5.32 Å². The highest BCUT2D eigenvalue weighted by molar-refractivity contribution is 7.80. The standard InChI is InChI=1S/C13H18Cl2N2S/c1-8(13(2,3)4)16-12(18)17-11-6-5-9(14)7-10(11)15/h5-8H,1-4H3,(H2,16,17,18). The molecule has 1 aromatic rings. The molecule has 1 aromatic carbocycles. The van der Waals surface area contributed by atoms with Crippen molar-refractivity contribution < 1.29 is 0 Å². The maximum Gasteiger partial charge on any atom is 0.171 e. The first-order chi connectivity index (χ1) is 8.20. The molecule has 0 heterocycles. The smallest absolute Gasteiger partial charge is 0.171 e. The van der Waals surface area contributed by atoms with E-state index < -0.39 is 0 Å². The van der Waals surface area contributed by atoms with Gasteiger partial charge in [0.25, 0.3) is 0 Å². The van der Waals surface area contributed by atoms with Gasteiger partial charge < -0.3 is 10.6 Å². The quantitative estimate of drug-likeness (QED) is 0.774. The van der Waals surface area contributed by atoms with Gasteiger partial charge in [-0.25, -0.2) is 0 Å². The molecule has 1 atom stereocenters. The fourth-order valence-electron chi connectivity index (χ4n) is 1.16. The van der Waals surface area contributed by atoms with Gasteiger partial charge in [-0.2, -0.15) is 0 Å². The zero-order valence-electron chi connectivity index (χ0n) is 11.0. The summed E-state index contributed by atoms with van der Waals surface area (Å²) in [6.45, 7) is 8.56. The molecule has 0 saturated heterocycles. The number of thiocarbonyl (C=S) groups is 1. The summed E-state index contributed by atoms with van der Waals surface area (Å²) in [5.41, 5.74) is 0.884. The Balaban J connectivity index is 2.65. The summed E-state index contributed by atoms with van der Waals surface area (Å²) in [6, 6.07) is 5.51. The van der Waals surface area contributed by atoms with Gasteiger partial charge in [0.05, 0.1) is 10.7 Å². The second-order valence-electron chi connectivity index (χ2n) is 5.31. The third-order valence-corrected chi connectivity index (χ3v) is 3.59. The minimum atomic E-state index is 0.134. The minimum absolute atomic E-state index is 0.134. The number of benzene rings is 1. The molecule has 100 valence electrons. The molecule has 0 aliphatic rings. The molecule has 0 spiro atoms. The van der Waals surface area contributed by atoms with E-state index in [0.717, 1.165) is 5.69 Å². The minimum Gasteiger partial charge on any atom is -0.359 e. The first kappa shape index (κ1) is 15.5. The van der Waals surface area contributed by atoms with E-state index in [1.165, 1.54) is 0 Å². The van der Waals surface area contributed by atoms with E-state index in [9.17, 15) is 0 Å². The van der Waals surface area contributed by atoms with Crippen molar-refractivity contribution in [3.8, 4) is 0 Å². The van der Waals surface area contributed by atoms with Gasteiger partial charge in [-0.15, -0.1) is 0 Å². The fraction of sp³-hybridized carbons (Fsp3) is 0.462. The number of nitrogens with one attached hydrogen (secondary N) is 2. The maximum atomic E-state index is 6.07. The molecule has 0 amide bonds. The van der Waals surface area contributed by atoms with Crippen molar-refractivity contribution in [2.24, 2.45) is 5.41 Å². The molecule has 0 aliphatic carbocycles. The zero-order valence-corrected chi connectivity index (χ0v) is 13.3. The Bertz CT molecular complexity index is 441. The van der Waals surface area contributed by atoms with Crippen LogP contribution in [0.5, 0.6) is 0 Å². The van der Waals surface area contributed by atoms with E-state index in [-0.39, 0.29) is 11.5 Å². The van der Waals surface area contributed by atoms with Gasteiger partial charge in [-0.1, -0.05) is 44.0 Å². The van der Waals surface area contributed by atoms with Crippen LogP contribution in [0.1, 0.15) is 27.7 Å². The normalized spacial score (nSPS) is 13.0.